The average Bonchev–Trinajstić information content (AvgIpc) is 3.19. The minimum absolute atomic E-state index is 0.115. The lowest BCUT2D eigenvalue weighted by molar-refractivity contribution is -0.129. The van der Waals surface area contributed by atoms with Crippen molar-refractivity contribution >= 4 is 39.0 Å². The molecule has 10 nitrogen and oxygen atoms in total. The summed E-state index contributed by atoms with van der Waals surface area (Å²) in [6, 6.07) is 2.52. The van der Waals surface area contributed by atoms with Crippen LogP contribution in [0.3, 0.4) is 0 Å². The first kappa shape index (κ1) is 29.3. The van der Waals surface area contributed by atoms with Crippen molar-refractivity contribution in [1.82, 2.24) is 24.9 Å². The maximum Gasteiger partial charge on any atom is 0.263 e. The van der Waals surface area contributed by atoms with E-state index in [0.717, 1.165) is 30.7 Å². The number of nitrogens with zero attached hydrogens (tertiary/aromatic N) is 3. The maximum absolute atomic E-state index is 13.5. The second kappa shape index (κ2) is 12.6. The predicted octanol–water partition coefficient (Wildman–Crippen LogP) is 3.15. The van der Waals surface area contributed by atoms with Crippen molar-refractivity contribution in [3.63, 3.8) is 0 Å². The maximum atomic E-state index is 13.5. The van der Waals surface area contributed by atoms with Gasteiger partial charge in [-0.25, -0.2) is 18.4 Å². The van der Waals surface area contributed by atoms with E-state index in [1.807, 2.05) is 6.92 Å². The van der Waals surface area contributed by atoms with E-state index in [9.17, 15) is 22.8 Å². The zero-order chi connectivity index (χ0) is 28.2. The van der Waals surface area contributed by atoms with Gasteiger partial charge in [0.1, 0.15) is 10.9 Å². The highest BCUT2D eigenvalue weighted by atomic mass is 32.2. The number of rotatable bonds is 8. The van der Waals surface area contributed by atoms with Gasteiger partial charge in [-0.05, 0) is 58.1 Å². The van der Waals surface area contributed by atoms with Crippen LogP contribution in [0.1, 0.15) is 78.7 Å². The van der Waals surface area contributed by atoms with Crippen molar-refractivity contribution in [3.8, 4) is 0 Å². The van der Waals surface area contributed by atoms with Gasteiger partial charge in [-0.1, -0.05) is 38.2 Å². The molecule has 212 valence electrons. The number of aromatic nitrogens is 2. The number of hydrogen-bond acceptors (Lipinski definition) is 8. The van der Waals surface area contributed by atoms with Gasteiger partial charge in [0.15, 0.2) is 10.8 Å². The van der Waals surface area contributed by atoms with E-state index in [0.29, 0.717) is 35.8 Å². The molecule has 1 saturated carbocycles. The molecule has 0 unspecified atom stereocenters. The predicted molar refractivity (Wildman–Crippen MR) is 148 cm³/mol. The summed E-state index contributed by atoms with van der Waals surface area (Å²) in [5, 5.41) is 6.42. The first-order valence-corrected chi connectivity index (χ1v) is 15.8. The molecule has 0 spiro atoms. The molecule has 3 heterocycles. The largest absolute Gasteiger partial charge is 0.344 e. The highest BCUT2D eigenvalue weighted by Crippen LogP contribution is 2.28. The number of amides is 2. The molecule has 0 bridgehead atoms. The number of ketones is 1. The van der Waals surface area contributed by atoms with Crippen LogP contribution in [-0.2, 0) is 19.6 Å². The van der Waals surface area contributed by atoms with E-state index in [-0.39, 0.29) is 23.3 Å². The van der Waals surface area contributed by atoms with Crippen LogP contribution < -0.4 is 10.6 Å². The smallest absolute Gasteiger partial charge is 0.263 e. The Morgan fingerprint density at radius 3 is 2.51 bits per heavy atom. The van der Waals surface area contributed by atoms with Crippen LogP contribution in [-0.4, -0.2) is 65.0 Å². The van der Waals surface area contributed by atoms with Gasteiger partial charge < -0.3 is 10.6 Å². The van der Waals surface area contributed by atoms with Gasteiger partial charge in [0.05, 0.1) is 23.3 Å². The SMILES string of the molecule is Cc1nc(C)c(C(=O)N[C@@H](CC2CCCCC2)C(=O)N[C@H]2CC[C@@H](C)N(S(=O)(=O)c3ccccn3)CC2=O)s1. The first-order valence-electron chi connectivity index (χ1n) is 13.6. The molecule has 2 fully saturated rings. The van der Waals surface area contributed by atoms with Crippen LogP contribution in [0.4, 0.5) is 0 Å². The lowest BCUT2D eigenvalue weighted by atomic mass is 9.84. The van der Waals surface area contributed by atoms with E-state index in [4.69, 9.17) is 0 Å². The second-order valence-electron chi connectivity index (χ2n) is 10.6. The number of aryl methyl sites for hydroxylation is 2. The van der Waals surface area contributed by atoms with Crippen LogP contribution in [0.5, 0.6) is 0 Å². The summed E-state index contributed by atoms with van der Waals surface area (Å²) >= 11 is 1.29. The molecule has 39 heavy (non-hydrogen) atoms. The number of thiazole rings is 1. The molecule has 2 N–H and O–H groups in total. The zero-order valence-corrected chi connectivity index (χ0v) is 24.3. The van der Waals surface area contributed by atoms with E-state index in [1.165, 1.54) is 34.3 Å². The van der Waals surface area contributed by atoms with Gasteiger partial charge in [0, 0.05) is 12.2 Å². The summed E-state index contributed by atoms with van der Waals surface area (Å²) in [5.74, 6) is -0.839. The van der Waals surface area contributed by atoms with Gasteiger partial charge in [-0.2, -0.15) is 4.31 Å². The van der Waals surface area contributed by atoms with Crippen LogP contribution in [0, 0.1) is 19.8 Å². The van der Waals surface area contributed by atoms with Crippen molar-refractivity contribution in [3.05, 3.63) is 40.0 Å². The number of Topliss-reactive ketones (excluding diaryl/α,β-unsaturated/α-hetero) is 1. The van der Waals surface area contributed by atoms with Crippen molar-refractivity contribution in [2.75, 3.05) is 6.54 Å². The Morgan fingerprint density at radius 1 is 1.13 bits per heavy atom. The van der Waals surface area contributed by atoms with Crippen LogP contribution in [0.2, 0.25) is 0 Å². The third-order valence-electron chi connectivity index (χ3n) is 7.62. The monoisotopic (exact) mass is 575 g/mol. The number of pyridine rings is 1. The molecule has 3 atom stereocenters. The number of carbonyl (C=O) groups excluding carboxylic acids is 3. The molecule has 2 amide bonds. The Hall–Kier alpha value is -2.70. The molecule has 0 aromatic carbocycles. The van der Waals surface area contributed by atoms with Crippen LogP contribution >= 0.6 is 11.3 Å². The molecule has 1 aliphatic carbocycles. The Kier molecular flexibility index (Phi) is 9.50. The molecule has 1 saturated heterocycles. The summed E-state index contributed by atoms with van der Waals surface area (Å²) in [4.78, 5) is 48.7. The summed E-state index contributed by atoms with van der Waals surface area (Å²) in [5.41, 5.74) is 0.619. The molecule has 0 radical (unpaired) electrons. The molecule has 1 aliphatic heterocycles. The summed E-state index contributed by atoms with van der Waals surface area (Å²) in [7, 11) is -3.98. The fraction of sp³-hybridized carbons (Fsp3) is 0.593. The van der Waals surface area contributed by atoms with E-state index in [2.05, 4.69) is 20.6 Å². The van der Waals surface area contributed by atoms with Crippen LogP contribution in [0.25, 0.3) is 0 Å². The minimum Gasteiger partial charge on any atom is -0.344 e. The zero-order valence-electron chi connectivity index (χ0n) is 22.7. The lowest BCUT2D eigenvalue weighted by Gasteiger charge is -2.28. The normalized spacial score (nSPS) is 22.2. The summed E-state index contributed by atoms with van der Waals surface area (Å²) in [6.45, 7) is 4.99. The summed E-state index contributed by atoms with van der Waals surface area (Å²) in [6.07, 6.45) is 7.95. The van der Waals surface area contributed by atoms with Crippen molar-refractivity contribution in [1.29, 1.82) is 0 Å². The Bertz CT molecular complexity index is 1290. The Morgan fingerprint density at radius 2 is 1.87 bits per heavy atom. The lowest BCUT2D eigenvalue weighted by Crippen LogP contribution is -2.53. The van der Waals surface area contributed by atoms with Gasteiger partial charge >= 0.3 is 0 Å². The molecule has 4 rings (SSSR count). The number of hydrogen-bond donors (Lipinski definition) is 2. The average molecular weight is 576 g/mol. The van der Waals surface area contributed by atoms with Gasteiger partial charge in [0.2, 0.25) is 5.91 Å². The fourth-order valence-electron chi connectivity index (χ4n) is 5.45. The van der Waals surface area contributed by atoms with Crippen molar-refractivity contribution < 1.29 is 22.8 Å². The topological polar surface area (TPSA) is 138 Å². The standard InChI is InChI=1S/C27H37N5O5S2/c1-17-12-13-21(23(33)16-32(17)39(36,37)24-11-7-8-14-28-24)30-26(34)22(15-20-9-5-4-6-10-20)31-27(35)25-18(2)29-19(3)38-25/h7-8,11,14,17,20-22H,4-6,9-10,12-13,15-16H2,1-3H3,(H,30,34)(H,31,35)/t17-,21+,22+/m1/s1. The van der Waals surface area contributed by atoms with Gasteiger partial charge in [-0.15, -0.1) is 11.3 Å². The third kappa shape index (κ3) is 7.09. The van der Waals surface area contributed by atoms with Gasteiger partial charge in [0.25, 0.3) is 15.9 Å². The number of nitrogens with one attached hydrogen (secondary N) is 2. The molecule has 2 aliphatic rings. The molecule has 2 aromatic rings. The Labute approximate surface area is 234 Å². The number of carbonyl (C=O) groups is 3. The highest BCUT2D eigenvalue weighted by Gasteiger charge is 2.38. The Balaban J connectivity index is 1.48. The molecule has 12 heteroatoms. The first-order chi connectivity index (χ1) is 18.6. The molecular weight excluding hydrogens is 538 g/mol. The minimum atomic E-state index is -3.98. The second-order valence-corrected chi connectivity index (χ2v) is 13.6. The van der Waals surface area contributed by atoms with Gasteiger partial charge in [-0.3, -0.25) is 14.4 Å². The van der Waals surface area contributed by atoms with Crippen molar-refractivity contribution in [2.45, 2.75) is 95.3 Å². The molecule has 2 aromatic heterocycles. The van der Waals surface area contributed by atoms with Crippen molar-refractivity contribution in [2.24, 2.45) is 5.92 Å². The fourth-order valence-corrected chi connectivity index (χ4v) is 7.84. The molecular formula is C27H37N5O5S2. The number of sulfonamides is 1. The van der Waals surface area contributed by atoms with E-state index >= 15 is 0 Å². The van der Waals surface area contributed by atoms with E-state index < -0.39 is 34.1 Å². The van der Waals surface area contributed by atoms with Crippen LogP contribution in [0.15, 0.2) is 29.4 Å². The quantitative estimate of drug-likeness (QED) is 0.493. The van der Waals surface area contributed by atoms with E-state index in [1.54, 1.807) is 26.0 Å². The third-order valence-corrected chi connectivity index (χ3v) is 10.6. The highest BCUT2D eigenvalue weighted by molar-refractivity contribution is 7.89. The summed E-state index contributed by atoms with van der Waals surface area (Å²) < 4.78 is 27.6.